The molecular formula is C63H108O6. The first-order valence-corrected chi connectivity index (χ1v) is 29.1. The fourth-order valence-electron chi connectivity index (χ4n) is 7.97. The quantitative estimate of drug-likeness (QED) is 0.0262. The van der Waals surface area contributed by atoms with Gasteiger partial charge in [0, 0.05) is 19.3 Å². The van der Waals surface area contributed by atoms with Gasteiger partial charge in [-0.05, 0) is 96.3 Å². The lowest BCUT2D eigenvalue weighted by Gasteiger charge is -2.18. The minimum atomic E-state index is -0.814. The zero-order valence-corrected chi connectivity index (χ0v) is 45.3. The van der Waals surface area contributed by atoms with Gasteiger partial charge in [-0.1, -0.05) is 247 Å². The van der Waals surface area contributed by atoms with Crippen LogP contribution in [0.1, 0.15) is 278 Å². The lowest BCUT2D eigenvalue weighted by molar-refractivity contribution is -0.167. The fourth-order valence-corrected chi connectivity index (χ4v) is 7.97. The molecule has 0 aromatic heterocycles. The summed E-state index contributed by atoms with van der Waals surface area (Å²) in [5.74, 6) is -0.975. The first-order chi connectivity index (χ1) is 34.0. The normalized spacial score (nSPS) is 12.7. The number of carbonyl (C=O) groups excluding carboxylic acids is 3. The number of esters is 3. The molecular weight excluding hydrogens is 853 g/mol. The molecule has 0 saturated heterocycles. The van der Waals surface area contributed by atoms with Gasteiger partial charge in [-0.25, -0.2) is 0 Å². The Bertz CT molecular complexity index is 1330. The second kappa shape index (κ2) is 57.2. The standard InChI is InChI=1S/C63H108O6/c1-4-7-10-13-16-19-22-25-28-31-34-37-40-43-46-49-52-55-61(64)67-58-60(69-63(66)57-54-51-48-45-42-39-36-33-30-27-24-21-18-15-12-9-6-3)59-68-62(65)56-53-50-47-44-41-38-35-32-29-26-23-20-17-14-11-8-5-2/h16,18-19,21,25,27-28,30,34,36-37,39,45,48,60H,4-15,17,20,22-24,26,29,31-33,35,38,40-44,46-47,49-59H2,1-3H3/b19-16-,21-18-,28-25-,30-27-,37-34-,39-36-,48-45-/t60-/m1/s1. The van der Waals surface area contributed by atoms with E-state index in [0.29, 0.717) is 19.3 Å². The molecule has 0 unspecified atom stereocenters. The molecule has 0 aromatic rings. The molecule has 0 bridgehead atoms. The zero-order chi connectivity index (χ0) is 50.0. The van der Waals surface area contributed by atoms with Crippen LogP contribution in [0.3, 0.4) is 0 Å². The highest BCUT2D eigenvalue weighted by Gasteiger charge is 2.19. The van der Waals surface area contributed by atoms with Crippen molar-refractivity contribution in [2.24, 2.45) is 0 Å². The van der Waals surface area contributed by atoms with Crippen LogP contribution in [0, 0.1) is 0 Å². The number of allylic oxidation sites excluding steroid dienone is 14. The van der Waals surface area contributed by atoms with E-state index in [1.807, 2.05) is 0 Å². The van der Waals surface area contributed by atoms with Crippen molar-refractivity contribution in [3.8, 4) is 0 Å². The highest BCUT2D eigenvalue weighted by atomic mass is 16.6. The van der Waals surface area contributed by atoms with Gasteiger partial charge in [-0.2, -0.15) is 0 Å². The molecule has 0 rings (SSSR count). The third kappa shape index (κ3) is 55.4. The Kier molecular flexibility index (Phi) is 54.3. The van der Waals surface area contributed by atoms with E-state index in [0.717, 1.165) is 89.9 Å². The van der Waals surface area contributed by atoms with E-state index in [2.05, 4.69) is 106 Å². The predicted molar refractivity (Wildman–Crippen MR) is 297 cm³/mol. The van der Waals surface area contributed by atoms with Crippen molar-refractivity contribution in [3.05, 3.63) is 85.1 Å². The topological polar surface area (TPSA) is 78.9 Å². The molecule has 69 heavy (non-hydrogen) atoms. The van der Waals surface area contributed by atoms with Crippen LogP contribution in [0.25, 0.3) is 0 Å². The van der Waals surface area contributed by atoms with Crippen LogP contribution in [0.5, 0.6) is 0 Å². The van der Waals surface area contributed by atoms with Crippen molar-refractivity contribution in [1.29, 1.82) is 0 Å². The number of hydrogen-bond donors (Lipinski definition) is 0. The first-order valence-electron chi connectivity index (χ1n) is 29.1. The summed E-state index contributed by atoms with van der Waals surface area (Å²) in [5.41, 5.74) is 0. The second-order valence-electron chi connectivity index (χ2n) is 19.2. The van der Waals surface area contributed by atoms with Gasteiger partial charge >= 0.3 is 17.9 Å². The maximum absolute atomic E-state index is 12.8. The van der Waals surface area contributed by atoms with Crippen molar-refractivity contribution in [1.82, 2.24) is 0 Å². The Morgan fingerprint density at radius 2 is 0.536 bits per heavy atom. The Balaban J connectivity index is 4.49. The molecule has 0 fully saturated rings. The Labute approximate surface area is 426 Å². The summed E-state index contributed by atoms with van der Waals surface area (Å²) in [4.78, 5) is 38.2. The van der Waals surface area contributed by atoms with Crippen LogP contribution < -0.4 is 0 Å². The molecule has 0 radical (unpaired) electrons. The van der Waals surface area contributed by atoms with Gasteiger partial charge in [-0.3, -0.25) is 14.4 Å². The van der Waals surface area contributed by atoms with E-state index in [1.165, 1.54) is 141 Å². The third-order valence-corrected chi connectivity index (χ3v) is 12.4. The first kappa shape index (κ1) is 65.6. The average molecular weight is 962 g/mol. The Hall–Kier alpha value is -3.41. The number of rotatable bonds is 52. The smallest absolute Gasteiger partial charge is 0.306 e. The molecule has 396 valence electrons. The summed E-state index contributed by atoms with van der Waals surface area (Å²) >= 11 is 0. The molecule has 0 saturated carbocycles. The summed E-state index contributed by atoms with van der Waals surface area (Å²) in [5, 5.41) is 0. The van der Waals surface area contributed by atoms with E-state index in [-0.39, 0.29) is 37.5 Å². The van der Waals surface area contributed by atoms with E-state index >= 15 is 0 Å². The summed E-state index contributed by atoms with van der Waals surface area (Å²) in [7, 11) is 0. The predicted octanol–water partition coefficient (Wildman–Crippen LogP) is 19.5. The minimum Gasteiger partial charge on any atom is -0.462 e. The Morgan fingerprint density at radius 3 is 0.884 bits per heavy atom. The molecule has 0 N–H and O–H groups in total. The van der Waals surface area contributed by atoms with Crippen LogP contribution in [0.2, 0.25) is 0 Å². The molecule has 0 heterocycles. The summed E-state index contributed by atoms with van der Waals surface area (Å²) in [6.07, 6.45) is 74.3. The SMILES string of the molecule is CCCCC/C=C\C/C=C\C/C=C\C/C=C\CCCC(=O)O[C@H](COC(=O)CCCCCC/C=C\C/C=C\C/C=C\CCCCC)COC(=O)CCCCCCCCCCCCCCCCCCC. The van der Waals surface area contributed by atoms with Crippen LogP contribution in [0.15, 0.2) is 85.1 Å². The second-order valence-corrected chi connectivity index (χ2v) is 19.2. The number of carbonyl (C=O) groups is 3. The van der Waals surface area contributed by atoms with Gasteiger partial charge in [0.15, 0.2) is 6.10 Å². The molecule has 6 heteroatoms. The maximum atomic E-state index is 12.8. The van der Waals surface area contributed by atoms with Gasteiger partial charge in [0.05, 0.1) is 0 Å². The number of ether oxygens (including phenoxy) is 3. The van der Waals surface area contributed by atoms with Crippen molar-refractivity contribution >= 4 is 17.9 Å². The molecule has 0 spiro atoms. The van der Waals surface area contributed by atoms with Crippen LogP contribution in [-0.2, 0) is 28.6 Å². The molecule has 0 aliphatic rings. The fraction of sp³-hybridized carbons (Fsp3) is 0.730. The average Bonchev–Trinajstić information content (AvgIpc) is 3.35. The van der Waals surface area contributed by atoms with Crippen molar-refractivity contribution < 1.29 is 28.6 Å². The van der Waals surface area contributed by atoms with Crippen molar-refractivity contribution in [2.75, 3.05) is 13.2 Å². The van der Waals surface area contributed by atoms with Gasteiger partial charge in [0.1, 0.15) is 13.2 Å². The highest BCUT2D eigenvalue weighted by molar-refractivity contribution is 5.71. The lowest BCUT2D eigenvalue weighted by atomic mass is 10.0. The molecule has 0 aromatic carbocycles. The van der Waals surface area contributed by atoms with E-state index < -0.39 is 6.10 Å². The number of hydrogen-bond acceptors (Lipinski definition) is 6. The maximum Gasteiger partial charge on any atom is 0.306 e. The van der Waals surface area contributed by atoms with Crippen molar-refractivity contribution in [2.45, 2.75) is 284 Å². The monoisotopic (exact) mass is 961 g/mol. The summed E-state index contributed by atoms with van der Waals surface area (Å²) in [6, 6.07) is 0. The summed E-state index contributed by atoms with van der Waals surface area (Å²) in [6.45, 7) is 6.54. The van der Waals surface area contributed by atoms with Gasteiger partial charge < -0.3 is 14.2 Å². The highest BCUT2D eigenvalue weighted by Crippen LogP contribution is 2.15. The largest absolute Gasteiger partial charge is 0.462 e. The minimum absolute atomic E-state index is 0.104. The lowest BCUT2D eigenvalue weighted by Crippen LogP contribution is -2.30. The van der Waals surface area contributed by atoms with Gasteiger partial charge in [-0.15, -0.1) is 0 Å². The summed E-state index contributed by atoms with van der Waals surface area (Å²) < 4.78 is 16.8. The van der Waals surface area contributed by atoms with Crippen molar-refractivity contribution in [3.63, 3.8) is 0 Å². The van der Waals surface area contributed by atoms with Gasteiger partial charge in [0.2, 0.25) is 0 Å². The van der Waals surface area contributed by atoms with E-state index in [9.17, 15) is 14.4 Å². The molecule has 6 nitrogen and oxygen atoms in total. The number of unbranched alkanes of at least 4 members (excludes halogenated alkanes) is 27. The van der Waals surface area contributed by atoms with Gasteiger partial charge in [0.25, 0.3) is 0 Å². The molecule has 1 atom stereocenters. The third-order valence-electron chi connectivity index (χ3n) is 12.4. The molecule has 0 aliphatic carbocycles. The molecule has 0 aliphatic heterocycles. The van der Waals surface area contributed by atoms with Crippen LogP contribution >= 0.6 is 0 Å². The Morgan fingerprint density at radius 1 is 0.290 bits per heavy atom. The molecule has 0 amide bonds. The van der Waals surface area contributed by atoms with E-state index in [4.69, 9.17) is 14.2 Å². The van der Waals surface area contributed by atoms with Crippen LogP contribution in [-0.4, -0.2) is 37.2 Å². The van der Waals surface area contributed by atoms with E-state index in [1.54, 1.807) is 0 Å². The zero-order valence-electron chi connectivity index (χ0n) is 45.3. The van der Waals surface area contributed by atoms with Crippen LogP contribution in [0.4, 0.5) is 0 Å².